The van der Waals surface area contributed by atoms with Crippen molar-refractivity contribution in [2.24, 2.45) is 29.6 Å². The number of ether oxygens (including phenoxy) is 5. The molecule has 1 saturated carbocycles. The maximum atomic E-state index is 13.6. The number of cyclic esters (lactones) is 1. The highest BCUT2D eigenvalue weighted by Crippen LogP contribution is 2.61. The van der Waals surface area contributed by atoms with Crippen LogP contribution in [0.1, 0.15) is 46.1 Å². The highest BCUT2D eigenvalue weighted by molar-refractivity contribution is 5.90. The van der Waals surface area contributed by atoms with E-state index in [9.17, 15) is 19.5 Å². The summed E-state index contributed by atoms with van der Waals surface area (Å²) in [6, 6.07) is 3.82. The minimum Gasteiger partial charge on any atom is -0.456 e. The smallest absolute Gasteiger partial charge is 0.373 e. The number of allylic oxidation sites excluding steroid dienone is 3. The summed E-state index contributed by atoms with van der Waals surface area (Å²) >= 11 is 0. The first-order valence-electron chi connectivity index (χ1n) is 16.6. The van der Waals surface area contributed by atoms with E-state index in [0.717, 1.165) is 11.1 Å². The molecule has 0 amide bonds. The predicted molar refractivity (Wildman–Crippen MR) is 169 cm³/mol. The maximum absolute atomic E-state index is 13.6. The number of hydrogen-bond acceptors (Lipinski definition) is 9. The van der Waals surface area contributed by atoms with Crippen LogP contribution in [0.4, 0.5) is 0 Å². The van der Waals surface area contributed by atoms with Gasteiger partial charge in [-0.15, -0.1) is 0 Å². The fourth-order valence-corrected chi connectivity index (χ4v) is 8.38. The van der Waals surface area contributed by atoms with Crippen LogP contribution >= 0.6 is 0 Å². The molecular formula is C37H46NO9+. The topological polar surface area (TPSA) is 121 Å². The minimum atomic E-state index is -0.984. The Labute approximate surface area is 276 Å². The van der Waals surface area contributed by atoms with Crippen molar-refractivity contribution >= 4 is 17.9 Å². The van der Waals surface area contributed by atoms with Crippen molar-refractivity contribution in [2.45, 2.75) is 96.2 Å². The van der Waals surface area contributed by atoms with Crippen LogP contribution in [0.5, 0.6) is 0 Å². The molecule has 2 fully saturated rings. The van der Waals surface area contributed by atoms with Crippen molar-refractivity contribution < 1.29 is 47.7 Å². The van der Waals surface area contributed by atoms with Crippen molar-refractivity contribution in [1.82, 2.24) is 0 Å². The van der Waals surface area contributed by atoms with Gasteiger partial charge in [-0.3, -0.25) is 0 Å². The number of aryl methyl sites for hydroxylation is 1. The Morgan fingerprint density at radius 3 is 2.60 bits per heavy atom. The Hall–Kier alpha value is -3.60. The number of carbonyl (C=O) groups is 3. The second-order valence-corrected chi connectivity index (χ2v) is 13.8. The van der Waals surface area contributed by atoms with Crippen molar-refractivity contribution in [1.29, 1.82) is 0 Å². The first-order chi connectivity index (χ1) is 22.4. The number of hydrogen-bond donors (Lipinski definition) is 1. The van der Waals surface area contributed by atoms with E-state index in [0.29, 0.717) is 12.0 Å². The van der Waals surface area contributed by atoms with Gasteiger partial charge in [0.25, 0.3) is 0 Å². The van der Waals surface area contributed by atoms with Crippen molar-refractivity contribution in [3.63, 3.8) is 0 Å². The summed E-state index contributed by atoms with van der Waals surface area (Å²) in [5.74, 6) is -3.05. The molecule has 1 N–H and O–H groups in total. The highest BCUT2D eigenvalue weighted by atomic mass is 16.6. The second-order valence-electron chi connectivity index (χ2n) is 13.8. The van der Waals surface area contributed by atoms with Crippen LogP contribution in [0, 0.1) is 36.5 Å². The van der Waals surface area contributed by atoms with Gasteiger partial charge in [0.1, 0.15) is 30.0 Å². The zero-order valence-corrected chi connectivity index (χ0v) is 27.9. The van der Waals surface area contributed by atoms with E-state index in [-0.39, 0.29) is 36.6 Å². The Morgan fingerprint density at radius 2 is 1.91 bits per heavy atom. The van der Waals surface area contributed by atoms with Gasteiger partial charge in [0.05, 0.1) is 6.10 Å². The normalized spacial score (nSPS) is 39.2. The van der Waals surface area contributed by atoms with E-state index in [1.165, 1.54) is 7.11 Å². The summed E-state index contributed by atoms with van der Waals surface area (Å²) in [7, 11) is 1.47. The molecule has 12 atom stereocenters. The average Bonchev–Trinajstić information content (AvgIpc) is 3.64. The molecular weight excluding hydrogens is 602 g/mol. The van der Waals surface area contributed by atoms with Crippen molar-refractivity contribution in [2.75, 3.05) is 7.11 Å². The summed E-state index contributed by atoms with van der Waals surface area (Å²) in [5.41, 5.74) is 1.55. The van der Waals surface area contributed by atoms with Crippen molar-refractivity contribution in [3.8, 4) is 0 Å². The van der Waals surface area contributed by atoms with E-state index >= 15 is 0 Å². The molecule has 0 unspecified atom stereocenters. The third-order valence-electron chi connectivity index (χ3n) is 10.8. The van der Waals surface area contributed by atoms with Crippen LogP contribution in [0.2, 0.25) is 0 Å². The molecule has 6 rings (SSSR count). The molecule has 47 heavy (non-hydrogen) atoms. The largest absolute Gasteiger partial charge is 0.456 e. The van der Waals surface area contributed by atoms with Gasteiger partial charge in [-0.2, -0.15) is 4.57 Å². The summed E-state index contributed by atoms with van der Waals surface area (Å²) in [6.45, 7) is 9.52. The minimum absolute atomic E-state index is 0.0142. The zero-order chi connectivity index (χ0) is 33.6. The fraction of sp³-hybridized carbons (Fsp3) is 0.568. The molecule has 1 spiro atoms. The number of aromatic nitrogens is 1. The summed E-state index contributed by atoms with van der Waals surface area (Å²) in [5, 5.41) is 11.9. The number of aliphatic hydroxyl groups excluding tert-OH is 1. The lowest BCUT2D eigenvalue weighted by molar-refractivity contribution is -0.686. The SMILES string of the molecule is CO[C@H]1C[C@H]2C=C[C@H]3[C@H]4O[C@]2(/C(C)=C/[C@@H](C)[C@@H]([C@@H](C)OC(=O)C[n+]2ccc(C)cc2)OC1=O)[C@@H]3[C@H](O)[C@@H](C)[C@H]4OC(=O)C1=CC=CC1. The third-order valence-corrected chi connectivity index (χ3v) is 10.8. The Morgan fingerprint density at radius 1 is 1.17 bits per heavy atom. The molecule has 4 bridgehead atoms. The molecule has 3 aliphatic carbocycles. The van der Waals surface area contributed by atoms with E-state index in [1.807, 2.05) is 70.4 Å². The van der Waals surface area contributed by atoms with Gasteiger partial charge in [0.2, 0.25) is 6.54 Å². The van der Waals surface area contributed by atoms with Crippen LogP contribution in [-0.4, -0.2) is 72.3 Å². The lowest BCUT2D eigenvalue weighted by atomic mass is 9.57. The lowest BCUT2D eigenvalue weighted by Crippen LogP contribution is -2.57. The quantitative estimate of drug-likeness (QED) is 0.205. The fourth-order valence-electron chi connectivity index (χ4n) is 8.38. The number of pyridine rings is 1. The molecule has 1 aromatic heterocycles. The van der Waals surface area contributed by atoms with Gasteiger partial charge in [-0.05, 0) is 44.7 Å². The second kappa shape index (κ2) is 13.1. The number of carbonyl (C=O) groups excluding carboxylic acids is 3. The number of aliphatic hydroxyl groups is 1. The third kappa shape index (κ3) is 6.00. The van der Waals surface area contributed by atoms with Crippen LogP contribution in [0.3, 0.4) is 0 Å². The number of esters is 3. The monoisotopic (exact) mass is 648 g/mol. The van der Waals surface area contributed by atoms with Crippen LogP contribution in [0.25, 0.3) is 0 Å². The van der Waals surface area contributed by atoms with Gasteiger partial charge in [0, 0.05) is 54.4 Å². The van der Waals surface area contributed by atoms with Crippen LogP contribution in [-0.2, 0) is 44.6 Å². The molecule has 0 aromatic carbocycles. The van der Waals surface area contributed by atoms with E-state index < -0.39 is 66.1 Å². The molecule has 10 heteroatoms. The van der Waals surface area contributed by atoms with Crippen LogP contribution < -0.4 is 4.57 Å². The molecule has 1 aromatic rings. The lowest BCUT2D eigenvalue weighted by Gasteiger charge is -2.49. The van der Waals surface area contributed by atoms with Gasteiger partial charge >= 0.3 is 17.9 Å². The summed E-state index contributed by atoms with van der Waals surface area (Å²) in [4.78, 5) is 39.7. The molecule has 252 valence electrons. The molecule has 10 nitrogen and oxygen atoms in total. The average molecular weight is 649 g/mol. The first-order valence-corrected chi connectivity index (χ1v) is 16.6. The van der Waals surface area contributed by atoms with E-state index in [2.05, 4.69) is 12.2 Å². The van der Waals surface area contributed by atoms with E-state index in [1.54, 1.807) is 17.6 Å². The van der Waals surface area contributed by atoms with Crippen molar-refractivity contribution in [3.05, 3.63) is 77.7 Å². The maximum Gasteiger partial charge on any atom is 0.373 e. The van der Waals surface area contributed by atoms with Gasteiger partial charge in [-0.1, -0.05) is 50.3 Å². The molecule has 3 heterocycles. The standard InChI is InChI=1S/C37H46NO9/c1-20-13-15-38(16-14-20)19-29(39)44-24(5)32-21(2)17-22(3)37-26(18-28(43-6)36(42)45-32)11-12-27-30(37)31(40)23(4)33(34(27)47-37)46-35(41)25-9-7-8-10-25/h7-9,11-17,21,23-24,26-28,30-34,40H,10,18-19H2,1-6H3/q+1/b22-17+/t21-,23-,24-,26-,27-,28+,30+,31-,32+,33-,34-,37+/m1/s1. The van der Waals surface area contributed by atoms with E-state index in [4.69, 9.17) is 23.7 Å². The first kappa shape index (κ1) is 33.3. The van der Waals surface area contributed by atoms with Gasteiger partial charge < -0.3 is 28.8 Å². The molecule has 5 aliphatic rings. The predicted octanol–water partition coefficient (Wildman–Crippen LogP) is 3.49. The molecule has 1 saturated heterocycles. The molecule has 2 aliphatic heterocycles. The number of nitrogens with zero attached hydrogens (tertiary/aromatic N) is 1. The summed E-state index contributed by atoms with van der Waals surface area (Å²) < 4.78 is 32.5. The Balaban J connectivity index is 1.30. The van der Waals surface area contributed by atoms with Crippen LogP contribution in [0.15, 0.2) is 72.1 Å². The summed E-state index contributed by atoms with van der Waals surface area (Å²) in [6.07, 6.45) is 11.5. The zero-order valence-electron chi connectivity index (χ0n) is 27.9. The van der Waals surface area contributed by atoms with Gasteiger partial charge in [-0.25, -0.2) is 14.4 Å². The number of rotatable bonds is 7. The molecule has 0 radical (unpaired) electrons. The number of methoxy groups -OCH3 is 1. The Bertz CT molecular complexity index is 1510. The van der Waals surface area contributed by atoms with Gasteiger partial charge in [0.15, 0.2) is 18.5 Å². The highest BCUT2D eigenvalue weighted by Gasteiger charge is 2.69. The Kier molecular flexibility index (Phi) is 9.30.